The van der Waals surface area contributed by atoms with Crippen molar-refractivity contribution in [1.29, 1.82) is 0 Å². The lowest BCUT2D eigenvalue weighted by Crippen LogP contribution is -2.47. The molecule has 0 aromatic heterocycles. The van der Waals surface area contributed by atoms with Crippen LogP contribution in [-0.4, -0.2) is 50.7 Å². The predicted octanol–water partition coefficient (Wildman–Crippen LogP) is 0.868. The normalized spacial score (nSPS) is 14.7. The molecule has 90 valence electrons. The summed E-state index contributed by atoms with van der Waals surface area (Å²) in [6.07, 6.45) is 2.11. The minimum absolute atomic E-state index is 0.104. The summed E-state index contributed by atoms with van der Waals surface area (Å²) in [6.45, 7) is 4.67. The first-order valence-electron chi connectivity index (χ1n) is 5.49. The number of carbonyl (C=O) groups excluding carboxylic acids is 1. The quantitative estimate of drug-likeness (QED) is 0.686. The molecule has 0 rings (SSSR count). The summed E-state index contributed by atoms with van der Waals surface area (Å²) in [7, 11) is 5.22. The van der Waals surface area contributed by atoms with Crippen molar-refractivity contribution in [1.82, 2.24) is 10.2 Å². The second-order valence-electron chi connectivity index (χ2n) is 4.06. The highest BCUT2D eigenvalue weighted by molar-refractivity contribution is 5.80. The van der Waals surface area contributed by atoms with Crippen LogP contribution in [0.25, 0.3) is 0 Å². The highest BCUT2D eigenvalue weighted by Crippen LogP contribution is 2.00. The maximum atomic E-state index is 11.6. The number of methoxy groups -OCH3 is 1. The van der Waals surface area contributed by atoms with Gasteiger partial charge in [0.25, 0.3) is 0 Å². The molecule has 1 N–H and O–H groups in total. The summed E-state index contributed by atoms with van der Waals surface area (Å²) in [4.78, 5) is 13.2. The van der Waals surface area contributed by atoms with Crippen LogP contribution >= 0.6 is 0 Å². The molecule has 0 aromatic rings. The molecule has 2 atom stereocenters. The Labute approximate surface area is 93.0 Å². The molecule has 0 aliphatic rings. The molecule has 0 heterocycles. The number of hydrogen-bond acceptors (Lipinski definition) is 3. The first-order valence-corrected chi connectivity index (χ1v) is 5.49. The number of rotatable bonds is 7. The standard InChI is InChI=1S/C11H24N2O2/c1-6-7-10(8-15-5)12-9(2)11(14)13(3)4/h9-10,12H,6-8H2,1-5H3. The second kappa shape index (κ2) is 7.65. The summed E-state index contributed by atoms with van der Waals surface area (Å²) in [5, 5.41) is 3.28. The summed E-state index contributed by atoms with van der Waals surface area (Å²) in [6, 6.07) is 0.116. The van der Waals surface area contributed by atoms with E-state index in [-0.39, 0.29) is 18.0 Å². The van der Waals surface area contributed by atoms with Gasteiger partial charge in [0, 0.05) is 27.2 Å². The van der Waals surface area contributed by atoms with Gasteiger partial charge in [-0.1, -0.05) is 13.3 Å². The first-order chi connectivity index (χ1) is 7.02. The van der Waals surface area contributed by atoms with E-state index in [0.717, 1.165) is 12.8 Å². The Morgan fingerprint density at radius 3 is 2.47 bits per heavy atom. The molecule has 4 nitrogen and oxygen atoms in total. The minimum Gasteiger partial charge on any atom is -0.383 e. The highest BCUT2D eigenvalue weighted by atomic mass is 16.5. The molecule has 0 aliphatic carbocycles. The van der Waals surface area contributed by atoms with Crippen LogP contribution in [0.15, 0.2) is 0 Å². The summed E-state index contributed by atoms with van der Waals surface area (Å²) in [5.41, 5.74) is 0. The van der Waals surface area contributed by atoms with Crippen LogP contribution < -0.4 is 5.32 Å². The number of carbonyl (C=O) groups is 1. The molecule has 0 bridgehead atoms. The highest BCUT2D eigenvalue weighted by Gasteiger charge is 2.18. The van der Waals surface area contributed by atoms with E-state index in [0.29, 0.717) is 6.61 Å². The lowest BCUT2D eigenvalue weighted by molar-refractivity contribution is -0.130. The monoisotopic (exact) mass is 216 g/mol. The number of hydrogen-bond donors (Lipinski definition) is 1. The first kappa shape index (κ1) is 14.4. The maximum Gasteiger partial charge on any atom is 0.238 e. The van der Waals surface area contributed by atoms with E-state index in [9.17, 15) is 4.79 Å². The largest absolute Gasteiger partial charge is 0.383 e. The van der Waals surface area contributed by atoms with Crippen LogP contribution in [0.1, 0.15) is 26.7 Å². The van der Waals surface area contributed by atoms with E-state index >= 15 is 0 Å². The van der Waals surface area contributed by atoms with Crippen molar-refractivity contribution >= 4 is 5.91 Å². The average molecular weight is 216 g/mol. The summed E-state index contributed by atoms with van der Waals surface area (Å²) >= 11 is 0. The molecule has 0 aliphatic heterocycles. The number of amides is 1. The fraction of sp³-hybridized carbons (Fsp3) is 0.909. The molecular formula is C11H24N2O2. The van der Waals surface area contributed by atoms with Crippen LogP contribution in [0.2, 0.25) is 0 Å². The number of nitrogens with one attached hydrogen (secondary N) is 1. The summed E-state index contributed by atoms with van der Waals surface area (Å²) < 4.78 is 5.11. The van der Waals surface area contributed by atoms with Crippen molar-refractivity contribution in [2.45, 2.75) is 38.8 Å². The van der Waals surface area contributed by atoms with Gasteiger partial charge in [-0.05, 0) is 13.3 Å². The van der Waals surface area contributed by atoms with Gasteiger partial charge in [0.2, 0.25) is 5.91 Å². The Morgan fingerprint density at radius 1 is 1.47 bits per heavy atom. The third-order valence-electron chi connectivity index (χ3n) is 2.30. The van der Waals surface area contributed by atoms with Crippen LogP contribution in [-0.2, 0) is 9.53 Å². The Hall–Kier alpha value is -0.610. The van der Waals surface area contributed by atoms with E-state index in [4.69, 9.17) is 4.74 Å². The summed E-state index contributed by atoms with van der Waals surface area (Å²) in [5.74, 6) is 0.104. The van der Waals surface area contributed by atoms with E-state index < -0.39 is 0 Å². The molecular weight excluding hydrogens is 192 g/mol. The van der Waals surface area contributed by atoms with Gasteiger partial charge < -0.3 is 15.0 Å². The van der Waals surface area contributed by atoms with Crippen LogP contribution in [0.5, 0.6) is 0 Å². The van der Waals surface area contributed by atoms with Crippen molar-refractivity contribution in [3.8, 4) is 0 Å². The molecule has 0 aromatic carbocycles. The Morgan fingerprint density at radius 2 is 2.07 bits per heavy atom. The molecule has 0 spiro atoms. The van der Waals surface area contributed by atoms with Gasteiger partial charge in [-0.3, -0.25) is 4.79 Å². The van der Waals surface area contributed by atoms with Gasteiger partial charge in [-0.25, -0.2) is 0 Å². The van der Waals surface area contributed by atoms with Crippen LogP contribution in [0.3, 0.4) is 0 Å². The molecule has 0 fully saturated rings. The Balaban J connectivity index is 4.08. The van der Waals surface area contributed by atoms with Crippen molar-refractivity contribution in [3.05, 3.63) is 0 Å². The molecule has 4 heteroatoms. The fourth-order valence-electron chi connectivity index (χ4n) is 1.58. The average Bonchev–Trinajstić information content (AvgIpc) is 2.17. The minimum atomic E-state index is -0.147. The number of likely N-dealkylation sites (N-methyl/N-ethyl adjacent to an activating group) is 1. The van der Waals surface area contributed by atoms with Crippen molar-refractivity contribution in [2.75, 3.05) is 27.8 Å². The van der Waals surface area contributed by atoms with Crippen LogP contribution in [0, 0.1) is 0 Å². The third kappa shape index (κ3) is 5.74. The zero-order valence-corrected chi connectivity index (χ0v) is 10.5. The van der Waals surface area contributed by atoms with Crippen molar-refractivity contribution in [2.24, 2.45) is 0 Å². The van der Waals surface area contributed by atoms with E-state index in [1.807, 2.05) is 6.92 Å². The lowest BCUT2D eigenvalue weighted by Gasteiger charge is -2.24. The third-order valence-corrected chi connectivity index (χ3v) is 2.30. The Bertz CT molecular complexity index is 177. The van der Waals surface area contributed by atoms with Crippen molar-refractivity contribution < 1.29 is 9.53 Å². The second-order valence-corrected chi connectivity index (χ2v) is 4.06. The SMILES string of the molecule is CCCC(COC)NC(C)C(=O)N(C)C. The molecule has 1 amide bonds. The van der Waals surface area contributed by atoms with Gasteiger partial charge in [0.1, 0.15) is 0 Å². The maximum absolute atomic E-state index is 11.6. The fourth-order valence-corrected chi connectivity index (χ4v) is 1.58. The molecule has 0 saturated heterocycles. The lowest BCUT2D eigenvalue weighted by atomic mass is 10.1. The Kier molecular flexibility index (Phi) is 7.34. The number of ether oxygens (including phenoxy) is 1. The van der Waals surface area contributed by atoms with Gasteiger partial charge in [-0.2, -0.15) is 0 Å². The molecule has 0 radical (unpaired) electrons. The zero-order chi connectivity index (χ0) is 11.8. The van der Waals surface area contributed by atoms with E-state index in [1.54, 1.807) is 26.1 Å². The van der Waals surface area contributed by atoms with Gasteiger partial charge in [0.05, 0.1) is 12.6 Å². The van der Waals surface area contributed by atoms with Crippen molar-refractivity contribution in [3.63, 3.8) is 0 Å². The molecule has 0 saturated carbocycles. The van der Waals surface area contributed by atoms with E-state index in [2.05, 4.69) is 12.2 Å². The van der Waals surface area contributed by atoms with E-state index in [1.165, 1.54) is 0 Å². The smallest absolute Gasteiger partial charge is 0.238 e. The molecule has 15 heavy (non-hydrogen) atoms. The zero-order valence-electron chi connectivity index (χ0n) is 10.5. The van der Waals surface area contributed by atoms with Gasteiger partial charge in [-0.15, -0.1) is 0 Å². The molecule has 2 unspecified atom stereocenters. The van der Waals surface area contributed by atoms with Gasteiger partial charge >= 0.3 is 0 Å². The predicted molar refractivity (Wildman–Crippen MR) is 61.9 cm³/mol. The topological polar surface area (TPSA) is 41.6 Å². The van der Waals surface area contributed by atoms with Crippen LogP contribution in [0.4, 0.5) is 0 Å². The number of nitrogens with zero attached hydrogens (tertiary/aromatic N) is 1. The van der Waals surface area contributed by atoms with Gasteiger partial charge in [0.15, 0.2) is 0 Å².